The third kappa shape index (κ3) is 5.71. The molecule has 0 aliphatic carbocycles. The minimum absolute atomic E-state index is 0.0254. The number of halogens is 3. The van der Waals surface area contributed by atoms with E-state index >= 15 is 0 Å². The molecule has 0 bridgehead atoms. The summed E-state index contributed by atoms with van der Waals surface area (Å²) in [6, 6.07) is 10.9. The maximum Gasteiger partial charge on any atom is 0.239 e. The van der Waals surface area contributed by atoms with Crippen molar-refractivity contribution in [2.75, 3.05) is 13.1 Å². The summed E-state index contributed by atoms with van der Waals surface area (Å²) in [6.07, 6.45) is 0.0254. The second-order valence-corrected chi connectivity index (χ2v) is 6.50. The van der Waals surface area contributed by atoms with E-state index in [2.05, 4.69) is 5.32 Å². The van der Waals surface area contributed by atoms with Gasteiger partial charge in [-0.2, -0.15) is 0 Å². The SMILES string of the molecule is CCN(CC(=O)NCc1ccc(F)cc1)C(=O)Cc1c(Cl)cccc1Cl. The molecule has 2 rings (SSSR count). The van der Waals surface area contributed by atoms with Crippen molar-refractivity contribution >= 4 is 35.0 Å². The van der Waals surface area contributed by atoms with E-state index in [1.54, 1.807) is 37.3 Å². The average Bonchev–Trinajstić information content (AvgIpc) is 2.62. The van der Waals surface area contributed by atoms with Crippen molar-refractivity contribution in [1.82, 2.24) is 10.2 Å². The smallest absolute Gasteiger partial charge is 0.239 e. The van der Waals surface area contributed by atoms with Gasteiger partial charge in [0.15, 0.2) is 0 Å². The summed E-state index contributed by atoms with van der Waals surface area (Å²) in [5, 5.41) is 3.56. The summed E-state index contributed by atoms with van der Waals surface area (Å²) in [6.45, 7) is 2.37. The van der Waals surface area contributed by atoms with Crippen LogP contribution in [-0.4, -0.2) is 29.8 Å². The van der Waals surface area contributed by atoms with E-state index in [1.807, 2.05) is 0 Å². The standard InChI is InChI=1S/C19H19Cl2FN2O2/c1-2-24(19(26)10-15-16(20)4-3-5-17(15)21)12-18(25)23-11-13-6-8-14(22)9-7-13/h3-9H,2,10-12H2,1H3,(H,23,25). The Hall–Kier alpha value is -2.11. The molecule has 0 fully saturated rings. The number of hydrogen-bond acceptors (Lipinski definition) is 2. The molecule has 0 aliphatic heterocycles. The maximum atomic E-state index is 12.9. The van der Waals surface area contributed by atoms with Gasteiger partial charge in [-0.25, -0.2) is 4.39 Å². The van der Waals surface area contributed by atoms with Crippen LogP contribution in [0.4, 0.5) is 4.39 Å². The number of likely N-dealkylation sites (N-methyl/N-ethyl adjacent to an activating group) is 1. The van der Waals surface area contributed by atoms with Crippen LogP contribution >= 0.6 is 23.2 Å². The number of carbonyl (C=O) groups is 2. The molecule has 0 atom stereocenters. The monoisotopic (exact) mass is 396 g/mol. The van der Waals surface area contributed by atoms with Gasteiger partial charge in [0.1, 0.15) is 5.82 Å². The second-order valence-electron chi connectivity index (χ2n) is 5.69. The first kappa shape index (κ1) is 20.2. The topological polar surface area (TPSA) is 49.4 Å². The summed E-state index contributed by atoms with van der Waals surface area (Å²) in [5.74, 6) is -0.865. The lowest BCUT2D eigenvalue weighted by Gasteiger charge is -2.21. The van der Waals surface area contributed by atoms with Crippen molar-refractivity contribution in [2.45, 2.75) is 19.9 Å². The molecule has 0 saturated carbocycles. The Balaban J connectivity index is 1.91. The first-order valence-electron chi connectivity index (χ1n) is 8.12. The molecule has 2 aromatic rings. The van der Waals surface area contributed by atoms with Gasteiger partial charge in [-0.15, -0.1) is 0 Å². The molecule has 138 valence electrons. The van der Waals surface area contributed by atoms with Crippen molar-refractivity contribution in [1.29, 1.82) is 0 Å². The summed E-state index contributed by atoms with van der Waals surface area (Å²) < 4.78 is 12.9. The van der Waals surface area contributed by atoms with Gasteiger partial charge in [-0.3, -0.25) is 9.59 Å². The van der Waals surface area contributed by atoms with Crippen LogP contribution in [0.5, 0.6) is 0 Å². The summed E-state index contributed by atoms with van der Waals surface area (Å²) in [7, 11) is 0. The molecule has 0 saturated heterocycles. The highest BCUT2D eigenvalue weighted by Crippen LogP contribution is 2.25. The third-order valence-electron chi connectivity index (χ3n) is 3.86. The molecule has 0 radical (unpaired) electrons. The lowest BCUT2D eigenvalue weighted by atomic mass is 10.1. The predicted molar refractivity (Wildman–Crippen MR) is 101 cm³/mol. The van der Waals surface area contributed by atoms with Crippen LogP contribution in [-0.2, 0) is 22.6 Å². The van der Waals surface area contributed by atoms with Crippen molar-refractivity contribution < 1.29 is 14.0 Å². The Morgan fingerprint density at radius 2 is 1.69 bits per heavy atom. The van der Waals surface area contributed by atoms with Gasteiger partial charge in [0.05, 0.1) is 13.0 Å². The zero-order valence-electron chi connectivity index (χ0n) is 14.3. The van der Waals surface area contributed by atoms with Gasteiger partial charge < -0.3 is 10.2 Å². The number of nitrogens with zero attached hydrogens (tertiary/aromatic N) is 1. The van der Waals surface area contributed by atoms with E-state index in [4.69, 9.17) is 23.2 Å². The highest BCUT2D eigenvalue weighted by molar-refractivity contribution is 6.36. The molecule has 1 N–H and O–H groups in total. The second kappa shape index (κ2) is 9.55. The number of nitrogens with one attached hydrogen (secondary N) is 1. The number of amides is 2. The Bertz CT molecular complexity index is 761. The zero-order chi connectivity index (χ0) is 19.1. The van der Waals surface area contributed by atoms with E-state index in [1.165, 1.54) is 17.0 Å². The van der Waals surface area contributed by atoms with E-state index in [0.717, 1.165) is 5.56 Å². The molecule has 0 aliphatic rings. The Labute approximate surface area is 161 Å². The maximum absolute atomic E-state index is 12.9. The molecule has 0 spiro atoms. The van der Waals surface area contributed by atoms with Gasteiger partial charge in [0.2, 0.25) is 11.8 Å². The van der Waals surface area contributed by atoms with Crippen LogP contribution in [0.1, 0.15) is 18.1 Å². The van der Waals surface area contributed by atoms with Crippen LogP contribution in [0.15, 0.2) is 42.5 Å². The minimum Gasteiger partial charge on any atom is -0.350 e. The van der Waals surface area contributed by atoms with E-state index in [-0.39, 0.29) is 37.1 Å². The highest BCUT2D eigenvalue weighted by atomic mass is 35.5. The molecule has 2 amide bonds. The highest BCUT2D eigenvalue weighted by Gasteiger charge is 2.18. The number of rotatable bonds is 7. The lowest BCUT2D eigenvalue weighted by Crippen LogP contribution is -2.41. The fourth-order valence-corrected chi connectivity index (χ4v) is 2.90. The van der Waals surface area contributed by atoms with E-state index in [0.29, 0.717) is 22.2 Å². The van der Waals surface area contributed by atoms with Crippen LogP contribution in [0.2, 0.25) is 10.0 Å². The fourth-order valence-electron chi connectivity index (χ4n) is 2.37. The normalized spacial score (nSPS) is 10.5. The van der Waals surface area contributed by atoms with Crippen LogP contribution in [0.25, 0.3) is 0 Å². The molecule has 4 nitrogen and oxygen atoms in total. The van der Waals surface area contributed by atoms with E-state index < -0.39 is 0 Å². The number of benzene rings is 2. The third-order valence-corrected chi connectivity index (χ3v) is 4.57. The molecular weight excluding hydrogens is 378 g/mol. The first-order chi connectivity index (χ1) is 12.4. The zero-order valence-corrected chi connectivity index (χ0v) is 15.8. The van der Waals surface area contributed by atoms with Gasteiger partial charge in [-0.1, -0.05) is 41.4 Å². The molecule has 26 heavy (non-hydrogen) atoms. The van der Waals surface area contributed by atoms with Crippen molar-refractivity contribution in [3.05, 3.63) is 69.5 Å². The van der Waals surface area contributed by atoms with Gasteiger partial charge >= 0.3 is 0 Å². The van der Waals surface area contributed by atoms with Crippen molar-refractivity contribution in [2.24, 2.45) is 0 Å². The van der Waals surface area contributed by atoms with Gasteiger partial charge in [0.25, 0.3) is 0 Å². The summed E-state index contributed by atoms with van der Waals surface area (Å²) in [5.41, 5.74) is 1.32. The Kier molecular flexibility index (Phi) is 7.42. The van der Waals surface area contributed by atoms with Gasteiger partial charge in [-0.05, 0) is 42.3 Å². The summed E-state index contributed by atoms with van der Waals surface area (Å²) >= 11 is 12.2. The molecule has 7 heteroatoms. The van der Waals surface area contributed by atoms with Crippen LogP contribution in [0.3, 0.4) is 0 Å². The molecule has 0 heterocycles. The molecular formula is C19H19Cl2FN2O2. The van der Waals surface area contributed by atoms with Crippen LogP contribution in [0, 0.1) is 5.82 Å². The largest absolute Gasteiger partial charge is 0.350 e. The fraction of sp³-hybridized carbons (Fsp3) is 0.263. The molecule has 2 aromatic carbocycles. The lowest BCUT2D eigenvalue weighted by molar-refractivity contribution is -0.135. The molecule has 0 unspecified atom stereocenters. The summed E-state index contributed by atoms with van der Waals surface area (Å²) in [4.78, 5) is 26.0. The number of carbonyl (C=O) groups excluding carboxylic acids is 2. The molecule has 0 aromatic heterocycles. The van der Waals surface area contributed by atoms with Crippen molar-refractivity contribution in [3.8, 4) is 0 Å². The Morgan fingerprint density at radius 1 is 1.08 bits per heavy atom. The van der Waals surface area contributed by atoms with Crippen molar-refractivity contribution in [3.63, 3.8) is 0 Å². The van der Waals surface area contributed by atoms with E-state index in [9.17, 15) is 14.0 Å². The quantitative estimate of drug-likeness (QED) is 0.772. The Morgan fingerprint density at radius 3 is 2.27 bits per heavy atom. The predicted octanol–water partition coefficient (Wildman–Crippen LogP) is 3.84. The minimum atomic E-state index is -0.332. The number of hydrogen-bond donors (Lipinski definition) is 1. The van der Waals surface area contributed by atoms with Gasteiger partial charge in [0, 0.05) is 23.1 Å². The average molecular weight is 397 g/mol. The van der Waals surface area contributed by atoms with Crippen LogP contribution < -0.4 is 5.32 Å². The first-order valence-corrected chi connectivity index (χ1v) is 8.88.